The SMILES string of the molecule is Nc1cc2c(N)nc(-c3c(F)cc(Br)cc3F)nc2cc1OCC1CCNCC1. The third-order valence-corrected chi connectivity index (χ3v) is 5.48. The van der Waals surface area contributed by atoms with Crippen LogP contribution < -0.4 is 21.5 Å². The van der Waals surface area contributed by atoms with Gasteiger partial charge in [0, 0.05) is 15.9 Å². The Morgan fingerprint density at radius 2 is 1.76 bits per heavy atom. The van der Waals surface area contributed by atoms with E-state index in [1.165, 1.54) is 0 Å². The number of nitrogen functional groups attached to an aromatic ring is 2. The minimum atomic E-state index is -0.784. The minimum Gasteiger partial charge on any atom is -0.491 e. The van der Waals surface area contributed by atoms with E-state index in [9.17, 15) is 8.78 Å². The Morgan fingerprint density at radius 3 is 2.45 bits per heavy atom. The van der Waals surface area contributed by atoms with E-state index in [1.54, 1.807) is 12.1 Å². The topological polar surface area (TPSA) is 99.1 Å². The molecule has 0 bridgehead atoms. The van der Waals surface area contributed by atoms with Gasteiger partial charge in [0.05, 0.1) is 23.4 Å². The maximum Gasteiger partial charge on any atom is 0.168 e. The van der Waals surface area contributed by atoms with Crippen molar-refractivity contribution in [1.82, 2.24) is 15.3 Å². The van der Waals surface area contributed by atoms with Crippen molar-refractivity contribution in [3.63, 3.8) is 0 Å². The van der Waals surface area contributed by atoms with E-state index in [-0.39, 0.29) is 21.7 Å². The monoisotopic (exact) mass is 463 g/mol. The van der Waals surface area contributed by atoms with Gasteiger partial charge in [0.25, 0.3) is 0 Å². The Morgan fingerprint density at radius 1 is 1.07 bits per heavy atom. The lowest BCUT2D eigenvalue weighted by Gasteiger charge is -2.23. The smallest absolute Gasteiger partial charge is 0.168 e. The second-order valence-electron chi connectivity index (χ2n) is 7.09. The molecule has 4 rings (SSSR count). The summed E-state index contributed by atoms with van der Waals surface area (Å²) in [7, 11) is 0. The number of hydrogen-bond donors (Lipinski definition) is 3. The standard InChI is InChI=1S/C20H20BrF2N5O/c21-11-5-13(22)18(14(23)6-11)20-27-16-8-17(15(24)7-12(16)19(25)28-20)29-9-10-1-3-26-4-2-10/h5-8,10,26H,1-4,9,24H2,(H2,25,27,28). The molecular formula is C20H20BrF2N5O. The Balaban J connectivity index is 1.71. The van der Waals surface area contributed by atoms with Gasteiger partial charge in [-0.25, -0.2) is 18.7 Å². The average molecular weight is 464 g/mol. The lowest BCUT2D eigenvalue weighted by molar-refractivity contribution is 0.216. The number of piperidine rings is 1. The lowest BCUT2D eigenvalue weighted by atomic mass is 9.99. The number of halogens is 3. The summed E-state index contributed by atoms with van der Waals surface area (Å²) in [6.45, 7) is 2.48. The molecule has 152 valence electrons. The Bertz CT molecular complexity index is 1050. The number of aromatic nitrogens is 2. The molecule has 0 atom stereocenters. The van der Waals surface area contributed by atoms with E-state index >= 15 is 0 Å². The molecule has 0 unspecified atom stereocenters. The van der Waals surface area contributed by atoms with Gasteiger partial charge in [-0.15, -0.1) is 0 Å². The molecule has 2 heterocycles. The molecule has 3 aromatic rings. The number of rotatable bonds is 4. The number of nitrogens with two attached hydrogens (primary N) is 2. The van der Waals surface area contributed by atoms with Gasteiger partial charge < -0.3 is 21.5 Å². The van der Waals surface area contributed by atoms with Gasteiger partial charge in [0.1, 0.15) is 23.2 Å². The van der Waals surface area contributed by atoms with Crippen LogP contribution in [0.1, 0.15) is 12.8 Å². The molecule has 0 aliphatic carbocycles. The summed E-state index contributed by atoms with van der Waals surface area (Å²) in [6.07, 6.45) is 2.07. The summed E-state index contributed by atoms with van der Waals surface area (Å²) in [5.74, 6) is -0.697. The van der Waals surface area contributed by atoms with Crippen molar-refractivity contribution < 1.29 is 13.5 Å². The molecule has 0 spiro atoms. The van der Waals surface area contributed by atoms with Crippen LogP contribution in [-0.2, 0) is 0 Å². The molecule has 29 heavy (non-hydrogen) atoms. The van der Waals surface area contributed by atoms with Crippen molar-refractivity contribution in [2.24, 2.45) is 5.92 Å². The highest BCUT2D eigenvalue weighted by atomic mass is 79.9. The van der Waals surface area contributed by atoms with Gasteiger partial charge in [0.2, 0.25) is 0 Å². The molecule has 1 aromatic heterocycles. The first-order valence-corrected chi connectivity index (χ1v) is 10.1. The molecule has 0 radical (unpaired) electrons. The fourth-order valence-electron chi connectivity index (χ4n) is 3.45. The number of ether oxygens (including phenoxy) is 1. The molecule has 1 aliphatic rings. The normalized spacial score (nSPS) is 15.0. The maximum atomic E-state index is 14.4. The zero-order valence-corrected chi connectivity index (χ0v) is 17.1. The summed E-state index contributed by atoms with van der Waals surface area (Å²) in [6, 6.07) is 5.57. The second-order valence-corrected chi connectivity index (χ2v) is 8.00. The van der Waals surface area contributed by atoms with Crippen molar-refractivity contribution >= 4 is 38.3 Å². The van der Waals surface area contributed by atoms with Crippen LogP contribution in [0.2, 0.25) is 0 Å². The highest BCUT2D eigenvalue weighted by molar-refractivity contribution is 9.10. The number of hydrogen-bond acceptors (Lipinski definition) is 6. The van der Waals surface area contributed by atoms with Gasteiger partial charge in [-0.3, -0.25) is 0 Å². The van der Waals surface area contributed by atoms with Crippen LogP contribution in [0.15, 0.2) is 28.7 Å². The van der Waals surface area contributed by atoms with Gasteiger partial charge in [-0.05, 0) is 50.0 Å². The van der Waals surface area contributed by atoms with Gasteiger partial charge in [0.15, 0.2) is 5.82 Å². The molecule has 5 N–H and O–H groups in total. The van der Waals surface area contributed by atoms with Crippen molar-refractivity contribution in [1.29, 1.82) is 0 Å². The molecule has 1 aliphatic heterocycles. The van der Waals surface area contributed by atoms with Crippen molar-refractivity contribution in [2.45, 2.75) is 12.8 Å². The van der Waals surface area contributed by atoms with Crippen LogP contribution >= 0.6 is 15.9 Å². The number of anilines is 2. The number of nitrogens with zero attached hydrogens (tertiary/aromatic N) is 2. The fourth-order valence-corrected chi connectivity index (χ4v) is 3.85. The Hall–Kier alpha value is -2.52. The molecule has 0 saturated carbocycles. The molecule has 2 aromatic carbocycles. The second kappa shape index (κ2) is 8.08. The van der Waals surface area contributed by atoms with Crippen LogP contribution in [0.3, 0.4) is 0 Å². The first-order chi connectivity index (χ1) is 13.9. The molecular weight excluding hydrogens is 444 g/mol. The van der Waals surface area contributed by atoms with E-state index < -0.39 is 11.6 Å². The predicted octanol–water partition coefficient (Wildman–Crippen LogP) is 3.88. The van der Waals surface area contributed by atoms with Crippen LogP contribution in [0, 0.1) is 17.6 Å². The zero-order chi connectivity index (χ0) is 20.5. The zero-order valence-electron chi connectivity index (χ0n) is 15.5. The van der Waals surface area contributed by atoms with Crippen molar-refractivity contribution in [3.05, 3.63) is 40.4 Å². The maximum absolute atomic E-state index is 14.4. The van der Waals surface area contributed by atoms with E-state index in [0.29, 0.717) is 34.9 Å². The largest absolute Gasteiger partial charge is 0.491 e. The Labute approximate surface area is 174 Å². The van der Waals surface area contributed by atoms with Crippen LogP contribution in [0.5, 0.6) is 5.75 Å². The van der Waals surface area contributed by atoms with Crippen LogP contribution in [-0.4, -0.2) is 29.7 Å². The third-order valence-electron chi connectivity index (χ3n) is 5.02. The summed E-state index contributed by atoms with van der Waals surface area (Å²) >= 11 is 3.06. The van der Waals surface area contributed by atoms with Crippen molar-refractivity contribution in [3.8, 4) is 17.1 Å². The molecule has 0 amide bonds. The number of fused-ring (bicyclic) bond motifs is 1. The predicted molar refractivity (Wildman–Crippen MR) is 113 cm³/mol. The summed E-state index contributed by atoms with van der Waals surface area (Å²) in [5.41, 5.74) is 12.6. The number of nitrogens with one attached hydrogen (secondary N) is 1. The van der Waals surface area contributed by atoms with E-state index in [4.69, 9.17) is 16.2 Å². The Kier molecular flexibility index (Phi) is 5.51. The van der Waals surface area contributed by atoms with Gasteiger partial charge in [-0.1, -0.05) is 15.9 Å². The molecule has 1 saturated heterocycles. The summed E-state index contributed by atoms with van der Waals surface area (Å²) in [5, 5.41) is 3.81. The number of benzene rings is 2. The van der Waals surface area contributed by atoms with E-state index in [2.05, 4.69) is 31.2 Å². The molecule has 6 nitrogen and oxygen atoms in total. The quantitative estimate of drug-likeness (QED) is 0.507. The van der Waals surface area contributed by atoms with Crippen molar-refractivity contribution in [2.75, 3.05) is 31.2 Å². The summed E-state index contributed by atoms with van der Waals surface area (Å²) < 4.78 is 34.9. The molecule has 1 fully saturated rings. The first-order valence-electron chi connectivity index (χ1n) is 9.27. The van der Waals surface area contributed by atoms with Gasteiger partial charge >= 0.3 is 0 Å². The van der Waals surface area contributed by atoms with E-state index in [1.807, 2.05) is 0 Å². The average Bonchev–Trinajstić information content (AvgIpc) is 2.67. The fraction of sp³-hybridized carbons (Fsp3) is 0.300. The lowest BCUT2D eigenvalue weighted by Crippen LogP contribution is -2.30. The third kappa shape index (κ3) is 4.11. The minimum absolute atomic E-state index is 0.0864. The highest BCUT2D eigenvalue weighted by Crippen LogP contribution is 2.33. The highest BCUT2D eigenvalue weighted by Gasteiger charge is 2.19. The molecule has 9 heteroatoms. The first kappa shape index (κ1) is 19.8. The van der Waals surface area contributed by atoms with Crippen LogP contribution in [0.25, 0.3) is 22.3 Å². The van der Waals surface area contributed by atoms with E-state index in [0.717, 1.165) is 38.1 Å². The van der Waals surface area contributed by atoms with Gasteiger partial charge in [-0.2, -0.15) is 0 Å². The van der Waals surface area contributed by atoms with Crippen LogP contribution in [0.4, 0.5) is 20.3 Å². The summed E-state index contributed by atoms with van der Waals surface area (Å²) in [4.78, 5) is 8.40.